The Bertz CT molecular complexity index is 650. The zero-order valence-corrected chi connectivity index (χ0v) is 14.8. The molecule has 0 aliphatic carbocycles. The summed E-state index contributed by atoms with van der Waals surface area (Å²) in [6, 6.07) is 11.0. The molecule has 124 valence electrons. The van der Waals surface area contributed by atoms with Gasteiger partial charge >= 0.3 is 0 Å². The molecule has 1 unspecified atom stereocenters. The number of piperazine rings is 1. The minimum Gasteiger partial charge on any atom is -0.493 e. The van der Waals surface area contributed by atoms with Crippen LogP contribution in [0.3, 0.4) is 0 Å². The highest BCUT2D eigenvalue weighted by atomic mass is 32.1. The van der Waals surface area contributed by atoms with Crippen LogP contribution in [0.4, 0.5) is 0 Å². The lowest BCUT2D eigenvalue weighted by Crippen LogP contribution is -2.45. The lowest BCUT2D eigenvalue weighted by molar-refractivity contribution is 0.200. The summed E-state index contributed by atoms with van der Waals surface area (Å²) in [6.07, 6.45) is 0. The molecule has 2 aromatic rings. The van der Waals surface area contributed by atoms with E-state index in [9.17, 15) is 0 Å². The van der Waals surface area contributed by atoms with Gasteiger partial charge in [-0.3, -0.25) is 4.90 Å². The summed E-state index contributed by atoms with van der Waals surface area (Å²) in [5.74, 6) is 1.57. The van der Waals surface area contributed by atoms with E-state index >= 15 is 0 Å². The van der Waals surface area contributed by atoms with Gasteiger partial charge in [0.2, 0.25) is 0 Å². The SMILES string of the molecule is COc1ccc(C(c2ccc(C)s2)N2CCNCC2)cc1OC. The smallest absolute Gasteiger partial charge is 0.161 e. The van der Waals surface area contributed by atoms with Gasteiger partial charge in [-0.1, -0.05) is 6.07 Å². The molecule has 1 fully saturated rings. The van der Waals surface area contributed by atoms with E-state index in [-0.39, 0.29) is 6.04 Å². The van der Waals surface area contributed by atoms with E-state index in [0.29, 0.717) is 0 Å². The Morgan fingerprint density at radius 3 is 2.39 bits per heavy atom. The molecule has 1 saturated heterocycles. The average molecular weight is 332 g/mol. The van der Waals surface area contributed by atoms with Gasteiger partial charge in [-0.15, -0.1) is 11.3 Å². The van der Waals surface area contributed by atoms with Crippen molar-refractivity contribution in [1.82, 2.24) is 10.2 Å². The Balaban J connectivity index is 2.00. The van der Waals surface area contributed by atoms with Gasteiger partial charge in [-0.05, 0) is 36.8 Å². The molecule has 1 aliphatic heterocycles. The van der Waals surface area contributed by atoms with Crippen molar-refractivity contribution in [2.45, 2.75) is 13.0 Å². The van der Waals surface area contributed by atoms with Gasteiger partial charge < -0.3 is 14.8 Å². The molecule has 0 radical (unpaired) electrons. The maximum atomic E-state index is 5.50. The minimum absolute atomic E-state index is 0.274. The zero-order chi connectivity index (χ0) is 16.2. The van der Waals surface area contributed by atoms with Crippen molar-refractivity contribution in [2.24, 2.45) is 0 Å². The number of hydrogen-bond donors (Lipinski definition) is 1. The standard InChI is InChI=1S/C18H24N2O2S/c1-13-4-7-17(23-13)18(20-10-8-19-9-11-20)14-5-6-15(21-2)16(12-14)22-3/h4-7,12,18-19H,8-11H2,1-3H3. The molecule has 2 heterocycles. The molecule has 0 spiro atoms. The van der Waals surface area contributed by atoms with Crippen LogP contribution in [-0.4, -0.2) is 45.3 Å². The van der Waals surface area contributed by atoms with Crippen LogP contribution in [0.1, 0.15) is 21.4 Å². The fourth-order valence-electron chi connectivity index (χ4n) is 3.12. The number of ether oxygens (including phenoxy) is 2. The second-order valence-corrected chi connectivity index (χ2v) is 7.07. The van der Waals surface area contributed by atoms with Crippen LogP contribution in [0, 0.1) is 6.92 Å². The summed E-state index contributed by atoms with van der Waals surface area (Å²) >= 11 is 1.87. The highest BCUT2D eigenvalue weighted by Crippen LogP contribution is 2.37. The maximum Gasteiger partial charge on any atom is 0.161 e. The number of benzene rings is 1. The Hall–Kier alpha value is -1.56. The summed E-state index contributed by atoms with van der Waals surface area (Å²) in [4.78, 5) is 5.28. The Morgan fingerprint density at radius 2 is 1.78 bits per heavy atom. The van der Waals surface area contributed by atoms with Crippen LogP contribution < -0.4 is 14.8 Å². The van der Waals surface area contributed by atoms with Crippen LogP contribution in [0.25, 0.3) is 0 Å². The van der Waals surface area contributed by atoms with E-state index in [4.69, 9.17) is 9.47 Å². The van der Waals surface area contributed by atoms with E-state index in [0.717, 1.165) is 37.7 Å². The fraction of sp³-hybridized carbons (Fsp3) is 0.444. The molecule has 0 amide bonds. The van der Waals surface area contributed by atoms with Crippen molar-refractivity contribution in [3.05, 3.63) is 45.6 Å². The van der Waals surface area contributed by atoms with E-state index < -0.39 is 0 Å². The number of hydrogen-bond acceptors (Lipinski definition) is 5. The zero-order valence-electron chi connectivity index (χ0n) is 14.0. The Kier molecular flexibility index (Phi) is 5.20. The summed E-state index contributed by atoms with van der Waals surface area (Å²) in [7, 11) is 3.37. The van der Waals surface area contributed by atoms with Gasteiger partial charge in [0, 0.05) is 35.9 Å². The highest BCUT2D eigenvalue weighted by Gasteiger charge is 2.26. The first-order chi connectivity index (χ1) is 11.2. The molecular weight excluding hydrogens is 308 g/mol. The largest absolute Gasteiger partial charge is 0.493 e. The van der Waals surface area contributed by atoms with Gasteiger partial charge in [-0.2, -0.15) is 0 Å². The van der Waals surface area contributed by atoms with Crippen molar-refractivity contribution in [3.63, 3.8) is 0 Å². The number of methoxy groups -OCH3 is 2. The van der Waals surface area contributed by atoms with Crippen LogP contribution in [0.15, 0.2) is 30.3 Å². The average Bonchev–Trinajstić information content (AvgIpc) is 3.02. The van der Waals surface area contributed by atoms with Crippen LogP contribution in [0.5, 0.6) is 11.5 Å². The molecule has 3 rings (SSSR count). The van der Waals surface area contributed by atoms with E-state index in [1.165, 1.54) is 15.3 Å². The number of thiophene rings is 1. The first-order valence-electron chi connectivity index (χ1n) is 7.96. The van der Waals surface area contributed by atoms with Crippen molar-refractivity contribution in [2.75, 3.05) is 40.4 Å². The molecule has 4 nitrogen and oxygen atoms in total. The molecule has 0 saturated carbocycles. The van der Waals surface area contributed by atoms with E-state index in [1.807, 2.05) is 17.4 Å². The summed E-state index contributed by atoms with van der Waals surface area (Å²) in [5, 5.41) is 3.44. The summed E-state index contributed by atoms with van der Waals surface area (Å²) in [6.45, 7) is 6.34. The normalized spacial score (nSPS) is 17.0. The molecular formula is C18H24N2O2S. The first kappa shape index (κ1) is 16.3. The summed E-state index contributed by atoms with van der Waals surface area (Å²) < 4.78 is 10.9. The van der Waals surface area contributed by atoms with Crippen molar-refractivity contribution >= 4 is 11.3 Å². The lowest BCUT2D eigenvalue weighted by atomic mass is 10.0. The minimum atomic E-state index is 0.274. The van der Waals surface area contributed by atoms with Crippen molar-refractivity contribution in [3.8, 4) is 11.5 Å². The number of aryl methyl sites for hydroxylation is 1. The van der Waals surface area contributed by atoms with Gasteiger partial charge in [0.05, 0.1) is 20.3 Å². The first-order valence-corrected chi connectivity index (χ1v) is 8.77. The molecule has 1 aromatic heterocycles. The molecule has 23 heavy (non-hydrogen) atoms. The Labute approximate surface area is 142 Å². The number of nitrogens with one attached hydrogen (secondary N) is 1. The maximum absolute atomic E-state index is 5.50. The third kappa shape index (κ3) is 3.52. The predicted molar refractivity (Wildman–Crippen MR) is 94.9 cm³/mol. The molecule has 1 N–H and O–H groups in total. The van der Waals surface area contributed by atoms with Crippen LogP contribution >= 0.6 is 11.3 Å². The third-order valence-electron chi connectivity index (χ3n) is 4.27. The second kappa shape index (κ2) is 7.34. The van der Waals surface area contributed by atoms with E-state index in [1.54, 1.807) is 14.2 Å². The summed E-state index contributed by atoms with van der Waals surface area (Å²) in [5.41, 5.74) is 1.26. The fourth-order valence-corrected chi connectivity index (χ4v) is 4.16. The predicted octanol–water partition coefficient (Wildman–Crippen LogP) is 3.07. The molecule has 1 aliphatic rings. The molecule has 5 heteroatoms. The van der Waals surface area contributed by atoms with Crippen molar-refractivity contribution in [1.29, 1.82) is 0 Å². The van der Waals surface area contributed by atoms with E-state index in [2.05, 4.69) is 41.4 Å². The molecule has 1 aromatic carbocycles. The van der Waals surface area contributed by atoms with Gasteiger partial charge in [-0.25, -0.2) is 0 Å². The second-order valence-electron chi connectivity index (χ2n) is 5.75. The number of rotatable bonds is 5. The molecule has 0 bridgehead atoms. The third-order valence-corrected chi connectivity index (χ3v) is 5.32. The quantitative estimate of drug-likeness (QED) is 0.912. The van der Waals surface area contributed by atoms with Crippen LogP contribution in [0.2, 0.25) is 0 Å². The van der Waals surface area contributed by atoms with Crippen LogP contribution in [-0.2, 0) is 0 Å². The highest BCUT2D eigenvalue weighted by molar-refractivity contribution is 7.12. The topological polar surface area (TPSA) is 33.7 Å². The Morgan fingerprint density at radius 1 is 1.04 bits per heavy atom. The van der Waals surface area contributed by atoms with Gasteiger partial charge in [0.1, 0.15) is 0 Å². The monoisotopic (exact) mass is 332 g/mol. The van der Waals surface area contributed by atoms with Gasteiger partial charge in [0.15, 0.2) is 11.5 Å². The van der Waals surface area contributed by atoms with Crippen molar-refractivity contribution < 1.29 is 9.47 Å². The lowest BCUT2D eigenvalue weighted by Gasteiger charge is -2.35. The molecule has 1 atom stereocenters. The number of nitrogens with zero attached hydrogens (tertiary/aromatic N) is 1. The van der Waals surface area contributed by atoms with Gasteiger partial charge in [0.25, 0.3) is 0 Å².